The quantitative estimate of drug-likeness (QED) is 0.648. The molecule has 0 atom stereocenters. The van der Waals surface area contributed by atoms with Crippen LogP contribution in [0.5, 0.6) is 0 Å². The summed E-state index contributed by atoms with van der Waals surface area (Å²) in [6.07, 6.45) is 0. The van der Waals surface area contributed by atoms with E-state index in [-0.39, 0.29) is 18.4 Å². The van der Waals surface area contributed by atoms with Crippen LogP contribution in [0.25, 0.3) is 0 Å². The second-order valence-corrected chi connectivity index (χ2v) is 2.80. The third-order valence-corrected chi connectivity index (χ3v) is 1.56. The smallest absolute Gasteiger partial charge is 0.225 e. The maximum Gasteiger partial charge on any atom is 0.225 e. The van der Waals surface area contributed by atoms with E-state index in [2.05, 4.69) is 0 Å². The van der Waals surface area contributed by atoms with Crippen molar-refractivity contribution in [3.05, 3.63) is 0 Å². The van der Waals surface area contributed by atoms with Gasteiger partial charge in [0.15, 0.2) is 0 Å². The van der Waals surface area contributed by atoms with E-state index in [0.29, 0.717) is 13.1 Å². The zero-order valence-corrected chi connectivity index (χ0v) is 7.50. The van der Waals surface area contributed by atoms with Gasteiger partial charge in [-0.25, -0.2) is 0 Å². The van der Waals surface area contributed by atoms with Crippen molar-refractivity contribution >= 4 is 5.91 Å². The van der Waals surface area contributed by atoms with Crippen molar-refractivity contribution in [2.45, 2.75) is 20.8 Å². The fourth-order valence-corrected chi connectivity index (χ4v) is 0.910. The van der Waals surface area contributed by atoms with E-state index in [1.165, 1.54) is 0 Å². The van der Waals surface area contributed by atoms with E-state index < -0.39 is 0 Å². The monoisotopic (exact) mass is 159 g/mol. The zero-order valence-electron chi connectivity index (χ0n) is 7.50. The van der Waals surface area contributed by atoms with Crippen molar-refractivity contribution in [1.82, 2.24) is 4.90 Å². The number of amides is 1. The average molecular weight is 159 g/mol. The van der Waals surface area contributed by atoms with Crippen LogP contribution < -0.4 is 0 Å². The van der Waals surface area contributed by atoms with Crippen LogP contribution in [0.15, 0.2) is 0 Å². The number of hydrogen-bond acceptors (Lipinski definition) is 2. The Morgan fingerprint density at radius 2 is 2.09 bits per heavy atom. The molecule has 0 rings (SSSR count). The van der Waals surface area contributed by atoms with Crippen molar-refractivity contribution in [3.8, 4) is 0 Å². The van der Waals surface area contributed by atoms with E-state index in [1.807, 2.05) is 20.8 Å². The van der Waals surface area contributed by atoms with Gasteiger partial charge in [0.05, 0.1) is 6.61 Å². The summed E-state index contributed by atoms with van der Waals surface area (Å²) in [5, 5.41) is 8.60. The third-order valence-electron chi connectivity index (χ3n) is 1.56. The summed E-state index contributed by atoms with van der Waals surface area (Å²) in [7, 11) is 0. The minimum absolute atomic E-state index is 0.0292. The lowest BCUT2D eigenvalue weighted by molar-refractivity contribution is -0.134. The van der Waals surface area contributed by atoms with E-state index >= 15 is 0 Å². The summed E-state index contributed by atoms with van der Waals surface area (Å²) in [6, 6.07) is 0. The molecule has 0 heterocycles. The molecule has 0 bridgehead atoms. The van der Waals surface area contributed by atoms with Crippen LogP contribution in [0.2, 0.25) is 0 Å². The topological polar surface area (TPSA) is 40.5 Å². The molecule has 0 unspecified atom stereocenters. The molecule has 0 aliphatic carbocycles. The van der Waals surface area contributed by atoms with Gasteiger partial charge in [-0.15, -0.1) is 0 Å². The molecule has 3 nitrogen and oxygen atoms in total. The minimum Gasteiger partial charge on any atom is -0.395 e. The second kappa shape index (κ2) is 5.13. The normalized spacial score (nSPS) is 10.3. The first kappa shape index (κ1) is 10.4. The molecule has 1 amide bonds. The molecule has 0 aliphatic rings. The maximum absolute atomic E-state index is 11.3. The fraction of sp³-hybridized carbons (Fsp3) is 0.875. The predicted molar refractivity (Wildman–Crippen MR) is 44.2 cm³/mol. The van der Waals surface area contributed by atoms with Gasteiger partial charge in [0.25, 0.3) is 0 Å². The molecule has 0 fully saturated rings. The number of likely N-dealkylation sites (N-methyl/N-ethyl adjacent to an activating group) is 1. The maximum atomic E-state index is 11.3. The number of nitrogens with zero attached hydrogens (tertiary/aromatic N) is 1. The van der Waals surface area contributed by atoms with Gasteiger partial charge in [-0.3, -0.25) is 4.79 Å². The summed E-state index contributed by atoms with van der Waals surface area (Å²) in [5.74, 6) is 0.142. The van der Waals surface area contributed by atoms with Crippen LogP contribution in [0.3, 0.4) is 0 Å². The van der Waals surface area contributed by atoms with E-state index in [4.69, 9.17) is 5.11 Å². The van der Waals surface area contributed by atoms with Gasteiger partial charge in [-0.2, -0.15) is 0 Å². The minimum atomic E-state index is 0.0292. The first-order chi connectivity index (χ1) is 5.13. The number of carbonyl (C=O) groups excluding carboxylic acids is 1. The van der Waals surface area contributed by atoms with Gasteiger partial charge in [0, 0.05) is 19.0 Å². The Morgan fingerprint density at radius 1 is 1.55 bits per heavy atom. The van der Waals surface area contributed by atoms with Crippen molar-refractivity contribution in [1.29, 1.82) is 0 Å². The Bertz CT molecular complexity index is 123. The van der Waals surface area contributed by atoms with E-state index in [0.717, 1.165) is 0 Å². The molecule has 0 saturated carbocycles. The van der Waals surface area contributed by atoms with Crippen molar-refractivity contribution < 1.29 is 9.90 Å². The van der Waals surface area contributed by atoms with Crippen LogP contribution in [0, 0.1) is 5.92 Å². The molecule has 0 aliphatic heterocycles. The van der Waals surface area contributed by atoms with Gasteiger partial charge in [0.2, 0.25) is 5.91 Å². The number of hydrogen-bond donors (Lipinski definition) is 1. The van der Waals surface area contributed by atoms with Crippen LogP contribution in [0.4, 0.5) is 0 Å². The fourth-order valence-electron chi connectivity index (χ4n) is 0.910. The lowest BCUT2D eigenvalue weighted by atomic mass is 10.2. The SMILES string of the molecule is CCN(CCO)C(=O)C(C)C. The van der Waals surface area contributed by atoms with Crippen molar-refractivity contribution in [2.75, 3.05) is 19.7 Å². The lowest BCUT2D eigenvalue weighted by Crippen LogP contribution is -2.36. The molecule has 1 N–H and O–H groups in total. The van der Waals surface area contributed by atoms with Gasteiger partial charge in [-0.05, 0) is 6.92 Å². The van der Waals surface area contributed by atoms with Crippen LogP contribution >= 0.6 is 0 Å². The average Bonchev–Trinajstić information content (AvgIpc) is 1.98. The van der Waals surface area contributed by atoms with Gasteiger partial charge in [0.1, 0.15) is 0 Å². The number of aliphatic hydroxyl groups is 1. The van der Waals surface area contributed by atoms with Gasteiger partial charge < -0.3 is 10.0 Å². The number of rotatable bonds is 4. The summed E-state index contributed by atoms with van der Waals surface area (Å²) in [6.45, 7) is 6.82. The van der Waals surface area contributed by atoms with E-state index in [9.17, 15) is 4.79 Å². The lowest BCUT2D eigenvalue weighted by Gasteiger charge is -2.21. The summed E-state index contributed by atoms with van der Waals surface area (Å²) >= 11 is 0. The van der Waals surface area contributed by atoms with Crippen LogP contribution in [-0.2, 0) is 4.79 Å². The highest BCUT2D eigenvalue weighted by Crippen LogP contribution is 1.99. The number of carbonyl (C=O) groups is 1. The summed E-state index contributed by atoms with van der Waals surface area (Å²) < 4.78 is 0. The molecule has 0 spiro atoms. The second-order valence-electron chi connectivity index (χ2n) is 2.80. The van der Waals surface area contributed by atoms with E-state index in [1.54, 1.807) is 4.90 Å². The van der Waals surface area contributed by atoms with Crippen LogP contribution in [-0.4, -0.2) is 35.6 Å². The molecular weight excluding hydrogens is 142 g/mol. The molecule has 0 saturated heterocycles. The highest BCUT2D eigenvalue weighted by atomic mass is 16.3. The zero-order chi connectivity index (χ0) is 8.85. The Balaban J connectivity index is 3.92. The summed E-state index contributed by atoms with van der Waals surface area (Å²) in [4.78, 5) is 12.9. The largest absolute Gasteiger partial charge is 0.395 e. The molecule has 0 radical (unpaired) electrons. The van der Waals surface area contributed by atoms with Gasteiger partial charge in [-0.1, -0.05) is 13.8 Å². The molecular formula is C8H17NO2. The molecule has 3 heteroatoms. The molecule has 0 aromatic carbocycles. The number of aliphatic hydroxyl groups excluding tert-OH is 1. The Kier molecular flexibility index (Phi) is 4.86. The predicted octanol–water partition coefficient (Wildman–Crippen LogP) is 0.483. The first-order valence-electron chi connectivity index (χ1n) is 4.03. The van der Waals surface area contributed by atoms with Crippen LogP contribution in [0.1, 0.15) is 20.8 Å². The Morgan fingerprint density at radius 3 is 2.36 bits per heavy atom. The van der Waals surface area contributed by atoms with Crippen molar-refractivity contribution in [2.24, 2.45) is 5.92 Å². The summed E-state index contributed by atoms with van der Waals surface area (Å²) in [5.41, 5.74) is 0. The molecule has 0 aromatic heterocycles. The molecule has 66 valence electrons. The Labute approximate surface area is 68.0 Å². The highest BCUT2D eigenvalue weighted by Gasteiger charge is 2.13. The van der Waals surface area contributed by atoms with Gasteiger partial charge >= 0.3 is 0 Å². The standard InChI is InChI=1S/C8H17NO2/c1-4-9(5-6-10)8(11)7(2)3/h7,10H,4-6H2,1-3H3. The molecule has 11 heavy (non-hydrogen) atoms. The first-order valence-corrected chi connectivity index (χ1v) is 4.03. The van der Waals surface area contributed by atoms with Crippen molar-refractivity contribution in [3.63, 3.8) is 0 Å². The Hall–Kier alpha value is -0.570. The molecule has 0 aromatic rings. The third kappa shape index (κ3) is 3.37. The highest BCUT2D eigenvalue weighted by molar-refractivity contribution is 5.78.